The summed E-state index contributed by atoms with van der Waals surface area (Å²) in [5.74, 6) is 0. The lowest BCUT2D eigenvalue weighted by Crippen LogP contribution is -1.70. The highest BCUT2D eigenvalue weighted by Gasteiger charge is 2.07. The van der Waals surface area contributed by atoms with Gasteiger partial charge in [-0.15, -0.1) is 0 Å². The van der Waals surface area contributed by atoms with Crippen molar-refractivity contribution in [2.24, 2.45) is 0 Å². The van der Waals surface area contributed by atoms with Gasteiger partial charge in [0, 0.05) is 5.56 Å². The second-order valence-corrected chi connectivity index (χ2v) is 3.16. The Morgan fingerprint density at radius 2 is 1.92 bits per heavy atom. The minimum Gasteiger partial charge on any atom is -0.472 e. The molecule has 0 saturated carbocycles. The van der Waals surface area contributed by atoms with Gasteiger partial charge in [-0.2, -0.15) is 0 Å². The van der Waals surface area contributed by atoms with Gasteiger partial charge in [0.25, 0.3) is 0 Å². The summed E-state index contributed by atoms with van der Waals surface area (Å²) in [6.45, 7) is 0. The molecule has 1 aromatic rings. The molecular formula is C12H8O. The molecule has 0 radical (unpaired) electrons. The normalized spacial score (nSPS) is 11.1. The quantitative estimate of drug-likeness (QED) is 0.500. The maximum absolute atomic E-state index is 5.16. The van der Waals surface area contributed by atoms with Crippen molar-refractivity contribution >= 4 is 10.8 Å². The molecule has 0 amide bonds. The second kappa shape index (κ2) is 2.36. The summed E-state index contributed by atoms with van der Waals surface area (Å²) in [7, 11) is 0. The highest BCUT2D eigenvalue weighted by atomic mass is 16.3. The van der Waals surface area contributed by atoms with Crippen LogP contribution in [0.25, 0.3) is 21.9 Å². The third-order valence-electron chi connectivity index (χ3n) is 2.39. The standard InChI is InChI=1S/C12H8O/c1-2-4-11-9(3-1)7-10-5-6-13-8-12(10)11/h1-8H. The van der Waals surface area contributed by atoms with Crippen molar-refractivity contribution in [3.8, 4) is 11.1 Å². The molecule has 1 heterocycles. The van der Waals surface area contributed by atoms with Gasteiger partial charge < -0.3 is 4.42 Å². The lowest BCUT2D eigenvalue weighted by molar-refractivity contribution is 0.552. The molecule has 1 aliphatic heterocycles. The Morgan fingerprint density at radius 1 is 1.00 bits per heavy atom. The largest absolute Gasteiger partial charge is 0.472 e. The Hall–Kier alpha value is -1.76. The van der Waals surface area contributed by atoms with E-state index in [1.807, 2.05) is 6.07 Å². The molecule has 0 spiro atoms. The van der Waals surface area contributed by atoms with Gasteiger partial charge in [0.2, 0.25) is 0 Å². The third kappa shape index (κ3) is 0.872. The molecule has 3 rings (SSSR count). The van der Waals surface area contributed by atoms with Crippen LogP contribution in [0.4, 0.5) is 0 Å². The molecule has 1 aliphatic carbocycles. The minimum absolute atomic E-state index is 1.19. The molecule has 0 aromatic heterocycles. The number of hydrogen-bond acceptors (Lipinski definition) is 1. The van der Waals surface area contributed by atoms with E-state index in [9.17, 15) is 0 Å². The van der Waals surface area contributed by atoms with Gasteiger partial charge in [0.05, 0.1) is 12.5 Å². The van der Waals surface area contributed by atoms with E-state index in [1.54, 1.807) is 12.5 Å². The van der Waals surface area contributed by atoms with Crippen molar-refractivity contribution in [3.05, 3.63) is 48.9 Å². The molecule has 0 atom stereocenters. The minimum atomic E-state index is 1.19. The Kier molecular flexibility index (Phi) is 1.22. The Bertz CT molecular complexity index is 522. The molecule has 0 bridgehead atoms. The smallest absolute Gasteiger partial charge is 0.0986 e. The van der Waals surface area contributed by atoms with Crippen LogP contribution in [0.1, 0.15) is 0 Å². The van der Waals surface area contributed by atoms with Gasteiger partial charge in [-0.05, 0) is 28.5 Å². The highest BCUT2D eigenvalue weighted by molar-refractivity contribution is 6.01. The number of fused-ring (bicyclic) bond motifs is 3. The zero-order valence-electron chi connectivity index (χ0n) is 7.03. The summed E-state index contributed by atoms with van der Waals surface area (Å²) >= 11 is 0. The van der Waals surface area contributed by atoms with Crippen LogP contribution >= 0.6 is 0 Å². The van der Waals surface area contributed by atoms with Gasteiger partial charge in [-0.25, -0.2) is 0 Å². The van der Waals surface area contributed by atoms with Gasteiger partial charge in [0.15, 0.2) is 0 Å². The summed E-state index contributed by atoms with van der Waals surface area (Å²) in [5, 5.41) is 2.54. The van der Waals surface area contributed by atoms with Gasteiger partial charge in [-0.1, -0.05) is 24.3 Å². The van der Waals surface area contributed by atoms with E-state index in [0.717, 1.165) is 0 Å². The summed E-state index contributed by atoms with van der Waals surface area (Å²) in [4.78, 5) is 0. The Morgan fingerprint density at radius 3 is 2.92 bits per heavy atom. The number of hydrogen-bond donors (Lipinski definition) is 0. The van der Waals surface area contributed by atoms with E-state index in [1.165, 1.54) is 21.9 Å². The first-order valence-corrected chi connectivity index (χ1v) is 4.29. The number of rotatable bonds is 0. The van der Waals surface area contributed by atoms with Crippen molar-refractivity contribution in [2.75, 3.05) is 0 Å². The lowest BCUT2D eigenvalue weighted by Gasteiger charge is -1.95. The molecule has 0 fully saturated rings. The fourth-order valence-electron chi connectivity index (χ4n) is 1.76. The number of benzene rings is 1. The summed E-state index contributed by atoms with van der Waals surface area (Å²) < 4.78 is 5.16. The third-order valence-corrected chi connectivity index (χ3v) is 2.39. The maximum atomic E-state index is 5.16. The maximum Gasteiger partial charge on any atom is 0.0986 e. The summed E-state index contributed by atoms with van der Waals surface area (Å²) in [5.41, 5.74) is 2.44. The zero-order chi connectivity index (χ0) is 8.67. The van der Waals surface area contributed by atoms with E-state index in [2.05, 4.69) is 30.3 Å². The van der Waals surface area contributed by atoms with E-state index in [-0.39, 0.29) is 0 Å². The molecule has 1 nitrogen and oxygen atoms in total. The fraction of sp³-hybridized carbons (Fsp3) is 0. The summed E-state index contributed by atoms with van der Waals surface area (Å²) in [6, 6.07) is 12.5. The van der Waals surface area contributed by atoms with Gasteiger partial charge in [-0.3, -0.25) is 0 Å². The fourth-order valence-corrected chi connectivity index (χ4v) is 1.76. The van der Waals surface area contributed by atoms with Gasteiger partial charge in [0.1, 0.15) is 0 Å². The average Bonchev–Trinajstić information content (AvgIpc) is 2.56. The zero-order valence-corrected chi connectivity index (χ0v) is 7.03. The van der Waals surface area contributed by atoms with E-state index in [0.29, 0.717) is 0 Å². The molecule has 13 heavy (non-hydrogen) atoms. The topological polar surface area (TPSA) is 13.1 Å². The Balaban J connectivity index is 2.56. The van der Waals surface area contributed by atoms with Crippen LogP contribution in [0.15, 0.2) is 53.3 Å². The molecule has 1 aromatic carbocycles. The van der Waals surface area contributed by atoms with E-state index < -0.39 is 0 Å². The van der Waals surface area contributed by atoms with Crippen molar-refractivity contribution in [1.29, 1.82) is 0 Å². The first-order chi connectivity index (χ1) is 6.45. The lowest BCUT2D eigenvalue weighted by atomic mass is 10.1. The molecule has 0 unspecified atom stereocenters. The molecule has 2 aliphatic rings. The van der Waals surface area contributed by atoms with Crippen LogP contribution in [0, 0.1) is 0 Å². The first-order valence-electron chi connectivity index (χ1n) is 4.29. The molecule has 62 valence electrons. The van der Waals surface area contributed by atoms with Crippen LogP contribution in [0.3, 0.4) is 0 Å². The van der Waals surface area contributed by atoms with Crippen LogP contribution < -0.4 is 0 Å². The van der Waals surface area contributed by atoms with Crippen LogP contribution in [0.5, 0.6) is 0 Å². The first kappa shape index (κ1) is 6.72. The SMILES string of the molecule is c1ccc2c3coccc-3cc2c1. The van der Waals surface area contributed by atoms with Crippen LogP contribution in [-0.4, -0.2) is 0 Å². The molecular weight excluding hydrogens is 160 g/mol. The molecule has 1 heteroatoms. The second-order valence-electron chi connectivity index (χ2n) is 3.16. The average molecular weight is 168 g/mol. The summed E-state index contributed by atoms with van der Waals surface area (Å²) in [6.07, 6.45) is 3.51. The monoisotopic (exact) mass is 168 g/mol. The highest BCUT2D eigenvalue weighted by Crippen LogP contribution is 2.33. The van der Waals surface area contributed by atoms with Gasteiger partial charge >= 0.3 is 0 Å². The Labute approximate surface area is 75.9 Å². The van der Waals surface area contributed by atoms with Crippen molar-refractivity contribution in [2.45, 2.75) is 0 Å². The molecule has 0 N–H and O–H groups in total. The van der Waals surface area contributed by atoms with E-state index >= 15 is 0 Å². The predicted molar refractivity (Wildman–Crippen MR) is 52.8 cm³/mol. The van der Waals surface area contributed by atoms with Crippen molar-refractivity contribution in [1.82, 2.24) is 0 Å². The van der Waals surface area contributed by atoms with Crippen molar-refractivity contribution < 1.29 is 4.42 Å². The molecule has 0 saturated heterocycles. The van der Waals surface area contributed by atoms with Crippen molar-refractivity contribution in [3.63, 3.8) is 0 Å². The predicted octanol–water partition coefficient (Wildman–Crippen LogP) is 3.54. The van der Waals surface area contributed by atoms with Crippen LogP contribution in [0.2, 0.25) is 0 Å². The van der Waals surface area contributed by atoms with E-state index in [4.69, 9.17) is 4.42 Å². The van der Waals surface area contributed by atoms with Crippen LogP contribution in [-0.2, 0) is 0 Å².